The van der Waals surface area contributed by atoms with Crippen molar-refractivity contribution in [3.63, 3.8) is 0 Å². The van der Waals surface area contributed by atoms with E-state index in [1.165, 1.54) is 6.26 Å². The lowest BCUT2D eigenvalue weighted by molar-refractivity contribution is 0.105. The monoisotopic (exact) mass is 376 g/mol. The molecule has 0 saturated carbocycles. The Balaban J connectivity index is 1.37. The Morgan fingerprint density at radius 2 is 1.88 bits per heavy atom. The van der Waals surface area contributed by atoms with Gasteiger partial charge in [0, 0.05) is 12.6 Å². The van der Waals surface area contributed by atoms with E-state index in [4.69, 9.17) is 0 Å². The quantitative estimate of drug-likeness (QED) is 0.890. The van der Waals surface area contributed by atoms with Crippen molar-refractivity contribution in [2.45, 2.75) is 44.7 Å². The molecule has 1 aromatic carbocycles. The van der Waals surface area contributed by atoms with Crippen molar-refractivity contribution in [1.29, 1.82) is 0 Å². The summed E-state index contributed by atoms with van der Waals surface area (Å²) in [5.74, 6) is 1.50. The molecule has 2 aromatic rings. The van der Waals surface area contributed by atoms with E-state index in [1.54, 1.807) is 4.31 Å². The molecule has 4 rings (SSSR count). The lowest BCUT2D eigenvalue weighted by Gasteiger charge is -2.42. The number of hydrogen-bond acceptors (Lipinski definition) is 4. The van der Waals surface area contributed by atoms with E-state index in [0.29, 0.717) is 12.5 Å². The average Bonchev–Trinajstić information content (AvgIpc) is 3.04. The third kappa shape index (κ3) is 3.80. The van der Waals surface area contributed by atoms with Crippen molar-refractivity contribution in [2.75, 3.05) is 25.9 Å². The number of sulfonamides is 1. The summed E-state index contributed by atoms with van der Waals surface area (Å²) in [7, 11) is -3.10. The summed E-state index contributed by atoms with van der Waals surface area (Å²) in [5, 5.41) is 0. The summed E-state index contributed by atoms with van der Waals surface area (Å²) < 4.78 is 26.0. The summed E-state index contributed by atoms with van der Waals surface area (Å²) in [5.41, 5.74) is 2.10. The number of aromatic nitrogens is 2. The Labute approximate surface area is 155 Å². The van der Waals surface area contributed by atoms with Gasteiger partial charge in [-0.3, -0.25) is 4.90 Å². The van der Waals surface area contributed by atoms with Crippen LogP contribution in [0, 0.1) is 5.92 Å². The number of hydrogen-bond donors (Lipinski definition) is 1. The van der Waals surface area contributed by atoms with E-state index >= 15 is 0 Å². The number of fused-ring (bicyclic) bond motifs is 1. The van der Waals surface area contributed by atoms with Crippen LogP contribution in [-0.2, 0) is 16.6 Å². The predicted octanol–water partition coefficient (Wildman–Crippen LogP) is 2.59. The highest BCUT2D eigenvalue weighted by Crippen LogP contribution is 2.32. The number of likely N-dealkylation sites (tertiary alicyclic amines) is 1. The van der Waals surface area contributed by atoms with Gasteiger partial charge in [0.2, 0.25) is 10.0 Å². The van der Waals surface area contributed by atoms with Crippen molar-refractivity contribution in [1.82, 2.24) is 19.2 Å². The van der Waals surface area contributed by atoms with Crippen LogP contribution in [0.5, 0.6) is 0 Å². The number of imidazole rings is 1. The van der Waals surface area contributed by atoms with Crippen molar-refractivity contribution in [3.8, 4) is 0 Å². The van der Waals surface area contributed by atoms with Crippen molar-refractivity contribution in [3.05, 3.63) is 30.1 Å². The lowest BCUT2D eigenvalue weighted by Crippen LogP contribution is -2.49. The van der Waals surface area contributed by atoms with Crippen molar-refractivity contribution in [2.24, 2.45) is 5.92 Å². The largest absolute Gasteiger partial charge is 0.341 e. The first-order valence-electron chi connectivity index (χ1n) is 9.63. The molecule has 1 aromatic heterocycles. The highest BCUT2D eigenvalue weighted by molar-refractivity contribution is 7.88. The van der Waals surface area contributed by atoms with Gasteiger partial charge in [-0.1, -0.05) is 18.6 Å². The molecule has 2 saturated heterocycles. The number of piperidine rings is 2. The number of H-pyrrole nitrogens is 1. The first kappa shape index (κ1) is 17.9. The van der Waals surface area contributed by atoms with Gasteiger partial charge in [0.25, 0.3) is 0 Å². The number of benzene rings is 1. The zero-order valence-electron chi connectivity index (χ0n) is 15.4. The topological polar surface area (TPSA) is 69.3 Å². The summed E-state index contributed by atoms with van der Waals surface area (Å²) >= 11 is 0. The van der Waals surface area contributed by atoms with E-state index in [2.05, 4.69) is 20.9 Å². The zero-order chi connectivity index (χ0) is 18.1. The highest BCUT2D eigenvalue weighted by atomic mass is 32.2. The second-order valence-electron chi connectivity index (χ2n) is 7.75. The third-order valence-corrected chi connectivity index (χ3v) is 7.22. The second kappa shape index (κ2) is 7.29. The second-order valence-corrected chi connectivity index (χ2v) is 9.69. The molecular formula is C19H28N4O2S. The van der Waals surface area contributed by atoms with Gasteiger partial charge >= 0.3 is 0 Å². The van der Waals surface area contributed by atoms with Crippen molar-refractivity contribution < 1.29 is 8.42 Å². The standard InChI is InChI=1S/C19H28N4O2S/c1-26(24,25)23-11-5-4-8-18(23)15-9-12-22(13-10-15)14-19-20-16-6-2-3-7-17(16)21-19/h2-3,6-7,15,18H,4-5,8-14H2,1H3,(H,20,21). The van der Waals surface area contributed by atoms with Crippen LogP contribution in [0.4, 0.5) is 0 Å². The maximum atomic E-state index is 12.1. The fourth-order valence-electron chi connectivity index (χ4n) is 4.60. The smallest absolute Gasteiger partial charge is 0.211 e. The summed E-state index contributed by atoms with van der Waals surface area (Å²) in [4.78, 5) is 10.5. The van der Waals surface area contributed by atoms with Gasteiger partial charge in [-0.2, -0.15) is 4.31 Å². The first-order valence-corrected chi connectivity index (χ1v) is 11.5. The molecule has 2 aliphatic heterocycles. The number of aromatic amines is 1. The molecule has 142 valence electrons. The molecule has 2 fully saturated rings. The maximum absolute atomic E-state index is 12.1. The minimum atomic E-state index is -3.10. The van der Waals surface area contributed by atoms with Crippen LogP contribution in [0.3, 0.4) is 0 Å². The molecule has 0 amide bonds. The Kier molecular flexibility index (Phi) is 5.03. The zero-order valence-corrected chi connectivity index (χ0v) is 16.2. The highest BCUT2D eigenvalue weighted by Gasteiger charge is 2.36. The Bertz CT molecular complexity index is 822. The van der Waals surface area contributed by atoms with Crippen LogP contribution in [0.15, 0.2) is 24.3 Å². The molecule has 0 aliphatic carbocycles. The van der Waals surface area contributed by atoms with Crippen LogP contribution >= 0.6 is 0 Å². The fourth-order valence-corrected chi connectivity index (χ4v) is 5.83. The number of nitrogens with zero attached hydrogens (tertiary/aromatic N) is 3. The molecule has 1 atom stereocenters. The van der Waals surface area contributed by atoms with Gasteiger partial charge in [-0.05, 0) is 56.8 Å². The van der Waals surface area contributed by atoms with Gasteiger partial charge in [0.05, 0.1) is 23.8 Å². The van der Waals surface area contributed by atoms with E-state index in [9.17, 15) is 8.42 Å². The SMILES string of the molecule is CS(=O)(=O)N1CCCCC1C1CCN(Cc2nc3ccccc3[nH]2)CC1. The molecule has 7 heteroatoms. The number of nitrogens with one attached hydrogen (secondary N) is 1. The van der Waals surface area contributed by atoms with Gasteiger partial charge < -0.3 is 4.98 Å². The Morgan fingerprint density at radius 1 is 1.12 bits per heavy atom. The number of rotatable bonds is 4. The third-order valence-electron chi connectivity index (χ3n) is 5.91. The summed E-state index contributed by atoms with van der Waals surface area (Å²) in [6, 6.07) is 8.32. The summed E-state index contributed by atoms with van der Waals surface area (Å²) in [6.45, 7) is 3.55. The van der Waals surface area contributed by atoms with Crippen LogP contribution in [0.1, 0.15) is 37.9 Å². The number of para-hydroxylation sites is 2. The first-order chi connectivity index (χ1) is 12.5. The normalized spacial score (nSPS) is 24.3. The average molecular weight is 377 g/mol. The molecule has 26 heavy (non-hydrogen) atoms. The molecule has 6 nitrogen and oxygen atoms in total. The fraction of sp³-hybridized carbons (Fsp3) is 0.632. The molecule has 1 N–H and O–H groups in total. The van der Waals surface area contributed by atoms with Gasteiger partial charge in [-0.25, -0.2) is 13.4 Å². The van der Waals surface area contributed by atoms with Crippen LogP contribution in [0.2, 0.25) is 0 Å². The molecule has 1 unspecified atom stereocenters. The van der Waals surface area contributed by atoms with Gasteiger partial charge in [0.15, 0.2) is 0 Å². The Morgan fingerprint density at radius 3 is 2.62 bits per heavy atom. The minimum Gasteiger partial charge on any atom is -0.341 e. The lowest BCUT2D eigenvalue weighted by atomic mass is 9.85. The van der Waals surface area contributed by atoms with Crippen LogP contribution in [-0.4, -0.2) is 59.5 Å². The van der Waals surface area contributed by atoms with E-state index < -0.39 is 10.0 Å². The van der Waals surface area contributed by atoms with Gasteiger partial charge in [0.1, 0.15) is 5.82 Å². The molecule has 2 aliphatic rings. The van der Waals surface area contributed by atoms with E-state index in [-0.39, 0.29) is 6.04 Å². The Hall–Kier alpha value is -1.44. The van der Waals surface area contributed by atoms with E-state index in [1.807, 2.05) is 18.2 Å². The summed E-state index contributed by atoms with van der Waals surface area (Å²) in [6.07, 6.45) is 6.65. The predicted molar refractivity (Wildman–Crippen MR) is 103 cm³/mol. The molecular weight excluding hydrogens is 348 g/mol. The molecule has 0 radical (unpaired) electrons. The van der Waals surface area contributed by atoms with E-state index in [0.717, 1.165) is 68.6 Å². The molecule has 3 heterocycles. The van der Waals surface area contributed by atoms with Crippen LogP contribution < -0.4 is 0 Å². The van der Waals surface area contributed by atoms with Crippen molar-refractivity contribution >= 4 is 21.1 Å². The minimum absolute atomic E-state index is 0.201. The molecule has 0 spiro atoms. The van der Waals surface area contributed by atoms with Gasteiger partial charge in [-0.15, -0.1) is 0 Å². The molecule has 0 bridgehead atoms. The van der Waals surface area contributed by atoms with Crippen LogP contribution in [0.25, 0.3) is 11.0 Å². The maximum Gasteiger partial charge on any atom is 0.211 e.